The minimum Gasteiger partial charge on any atom is -0.469 e. The van der Waals surface area contributed by atoms with Gasteiger partial charge < -0.3 is 19.9 Å². The van der Waals surface area contributed by atoms with Gasteiger partial charge in [-0.05, 0) is 12.8 Å². The van der Waals surface area contributed by atoms with Crippen LogP contribution in [0.5, 0.6) is 0 Å². The lowest BCUT2D eigenvalue weighted by molar-refractivity contribution is -0.144. The monoisotopic (exact) mass is 310 g/mol. The van der Waals surface area contributed by atoms with E-state index in [4.69, 9.17) is 9.26 Å². The van der Waals surface area contributed by atoms with Gasteiger partial charge in [0.15, 0.2) is 11.7 Å². The van der Waals surface area contributed by atoms with Gasteiger partial charge in [-0.1, -0.05) is 25.9 Å². The van der Waals surface area contributed by atoms with Crippen molar-refractivity contribution in [2.45, 2.75) is 40.2 Å². The second-order valence-corrected chi connectivity index (χ2v) is 5.37. The van der Waals surface area contributed by atoms with E-state index in [-0.39, 0.29) is 11.9 Å². The van der Waals surface area contributed by atoms with Gasteiger partial charge in [0.05, 0.1) is 18.7 Å². The van der Waals surface area contributed by atoms with Crippen LogP contribution in [-0.4, -0.2) is 37.3 Å². The molecule has 0 aliphatic heterocycles. The number of carbonyl (C=O) groups excluding carboxylic acids is 1. The number of ether oxygens (including phenoxy) is 1. The van der Waals surface area contributed by atoms with E-state index in [9.17, 15) is 4.79 Å². The van der Waals surface area contributed by atoms with Gasteiger partial charge >= 0.3 is 5.97 Å². The zero-order valence-electron chi connectivity index (χ0n) is 14.0. The second-order valence-electron chi connectivity index (χ2n) is 5.37. The highest BCUT2D eigenvalue weighted by Crippen LogP contribution is 2.14. The van der Waals surface area contributed by atoms with Crippen LogP contribution < -0.4 is 10.6 Å². The first-order valence-electron chi connectivity index (χ1n) is 7.53. The fourth-order valence-electron chi connectivity index (χ4n) is 1.71. The van der Waals surface area contributed by atoms with Crippen LogP contribution >= 0.6 is 0 Å². The molecule has 1 atom stereocenters. The lowest BCUT2D eigenvalue weighted by atomic mass is 10.1. The SMILES string of the molecule is CCNC(=NCc1cc(C(C)C)no1)NCC(C)C(=O)OC. The van der Waals surface area contributed by atoms with Gasteiger partial charge in [-0.3, -0.25) is 4.79 Å². The summed E-state index contributed by atoms with van der Waals surface area (Å²) in [5.74, 6) is 1.17. The van der Waals surface area contributed by atoms with Crippen molar-refractivity contribution in [2.75, 3.05) is 20.2 Å². The summed E-state index contributed by atoms with van der Waals surface area (Å²) in [6, 6.07) is 1.91. The van der Waals surface area contributed by atoms with Gasteiger partial charge in [0, 0.05) is 19.2 Å². The Hall–Kier alpha value is -2.05. The highest BCUT2D eigenvalue weighted by atomic mass is 16.5. The Balaban J connectivity index is 2.59. The van der Waals surface area contributed by atoms with Gasteiger partial charge in [-0.25, -0.2) is 4.99 Å². The molecular formula is C15H26N4O3. The fourth-order valence-corrected chi connectivity index (χ4v) is 1.71. The van der Waals surface area contributed by atoms with E-state index < -0.39 is 0 Å². The molecule has 1 aromatic heterocycles. The van der Waals surface area contributed by atoms with Crippen LogP contribution in [0.3, 0.4) is 0 Å². The Morgan fingerprint density at radius 2 is 2.14 bits per heavy atom. The van der Waals surface area contributed by atoms with Crippen molar-refractivity contribution in [3.05, 3.63) is 17.5 Å². The summed E-state index contributed by atoms with van der Waals surface area (Å²) < 4.78 is 9.95. The van der Waals surface area contributed by atoms with Gasteiger partial charge in [0.25, 0.3) is 0 Å². The Morgan fingerprint density at radius 3 is 2.68 bits per heavy atom. The number of aliphatic imine (C=N–C) groups is 1. The number of carbonyl (C=O) groups is 1. The maximum absolute atomic E-state index is 11.4. The number of nitrogens with one attached hydrogen (secondary N) is 2. The number of guanidine groups is 1. The molecule has 7 nitrogen and oxygen atoms in total. The van der Waals surface area contributed by atoms with Crippen LogP contribution in [-0.2, 0) is 16.1 Å². The van der Waals surface area contributed by atoms with Crippen molar-refractivity contribution in [1.82, 2.24) is 15.8 Å². The maximum atomic E-state index is 11.4. The molecule has 1 rings (SSSR count). The summed E-state index contributed by atoms with van der Waals surface area (Å²) in [6.07, 6.45) is 0. The van der Waals surface area contributed by atoms with Crippen molar-refractivity contribution in [3.63, 3.8) is 0 Å². The largest absolute Gasteiger partial charge is 0.469 e. The number of esters is 1. The summed E-state index contributed by atoms with van der Waals surface area (Å²) in [5, 5.41) is 10.2. The number of aromatic nitrogens is 1. The molecule has 0 radical (unpaired) electrons. The van der Waals surface area contributed by atoms with E-state index in [0.717, 1.165) is 12.2 Å². The zero-order chi connectivity index (χ0) is 16.5. The molecule has 0 spiro atoms. The Labute approximate surface area is 131 Å². The molecule has 0 saturated carbocycles. The molecule has 0 saturated heterocycles. The summed E-state index contributed by atoms with van der Waals surface area (Å²) in [4.78, 5) is 15.8. The predicted molar refractivity (Wildman–Crippen MR) is 84.6 cm³/mol. The second kappa shape index (κ2) is 9.07. The number of nitrogens with zero attached hydrogens (tertiary/aromatic N) is 2. The molecule has 0 aliphatic rings. The summed E-state index contributed by atoms with van der Waals surface area (Å²) in [5.41, 5.74) is 0.919. The molecule has 0 aromatic carbocycles. The van der Waals surface area contributed by atoms with Crippen LogP contribution in [0.25, 0.3) is 0 Å². The van der Waals surface area contributed by atoms with E-state index in [1.165, 1.54) is 7.11 Å². The Morgan fingerprint density at radius 1 is 1.41 bits per heavy atom. The first kappa shape index (κ1) is 18.0. The number of rotatable bonds is 7. The molecule has 1 unspecified atom stereocenters. The highest BCUT2D eigenvalue weighted by Gasteiger charge is 2.13. The molecule has 1 heterocycles. The van der Waals surface area contributed by atoms with Crippen LogP contribution in [0.4, 0.5) is 0 Å². The van der Waals surface area contributed by atoms with Gasteiger partial charge in [0.1, 0.15) is 6.54 Å². The van der Waals surface area contributed by atoms with Crippen molar-refractivity contribution in [3.8, 4) is 0 Å². The van der Waals surface area contributed by atoms with E-state index in [0.29, 0.717) is 30.7 Å². The lowest BCUT2D eigenvalue weighted by Gasteiger charge is -2.14. The Kier molecular flexibility index (Phi) is 7.42. The minimum absolute atomic E-state index is 0.244. The van der Waals surface area contributed by atoms with E-state index in [2.05, 4.69) is 34.6 Å². The molecule has 124 valence electrons. The maximum Gasteiger partial charge on any atom is 0.310 e. The highest BCUT2D eigenvalue weighted by molar-refractivity contribution is 5.80. The van der Waals surface area contributed by atoms with Crippen molar-refractivity contribution in [1.29, 1.82) is 0 Å². The summed E-state index contributed by atoms with van der Waals surface area (Å²) in [6.45, 7) is 9.47. The smallest absolute Gasteiger partial charge is 0.310 e. The fraction of sp³-hybridized carbons (Fsp3) is 0.667. The van der Waals surface area contributed by atoms with Gasteiger partial charge in [-0.2, -0.15) is 0 Å². The number of hydrogen-bond donors (Lipinski definition) is 2. The molecule has 22 heavy (non-hydrogen) atoms. The van der Waals surface area contributed by atoms with Crippen molar-refractivity contribution in [2.24, 2.45) is 10.9 Å². The average molecular weight is 310 g/mol. The molecule has 0 aliphatic carbocycles. The first-order chi connectivity index (χ1) is 10.5. The Bertz CT molecular complexity index is 497. The molecule has 0 fully saturated rings. The molecule has 2 N–H and O–H groups in total. The first-order valence-corrected chi connectivity index (χ1v) is 7.53. The molecule has 7 heteroatoms. The standard InChI is InChI=1S/C15H26N4O3/c1-6-16-15(17-8-11(4)14(20)21-5)18-9-12-7-13(10(2)3)19-22-12/h7,10-11H,6,8-9H2,1-5H3,(H2,16,17,18). The number of methoxy groups -OCH3 is 1. The number of hydrogen-bond acceptors (Lipinski definition) is 5. The third-order valence-corrected chi connectivity index (χ3v) is 3.09. The molecular weight excluding hydrogens is 284 g/mol. The van der Waals surface area contributed by atoms with Crippen LogP contribution in [0.2, 0.25) is 0 Å². The minimum atomic E-state index is -0.250. The van der Waals surface area contributed by atoms with E-state index in [1.54, 1.807) is 6.92 Å². The third kappa shape index (κ3) is 5.75. The quantitative estimate of drug-likeness (QED) is 0.452. The normalized spacial score (nSPS) is 13.1. The zero-order valence-corrected chi connectivity index (χ0v) is 14.0. The summed E-state index contributed by atoms with van der Waals surface area (Å²) >= 11 is 0. The molecule has 1 aromatic rings. The predicted octanol–water partition coefficient (Wildman–Crippen LogP) is 1.66. The van der Waals surface area contributed by atoms with Crippen molar-refractivity contribution < 1.29 is 14.1 Å². The topological polar surface area (TPSA) is 88.8 Å². The molecule has 0 bridgehead atoms. The van der Waals surface area contributed by atoms with E-state index >= 15 is 0 Å². The van der Waals surface area contributed by atoms with Crippen molar-refractivity contribution >= 4 is 11.9 Å². The van der Waals surface area contributed by atoms with Gasteiger partial charge in [-0.15, -0.1) is 0 Å². The summed E-state index contributed by atoms with van der Waals surface area (Å²) in [7, 11) is 1.38. The van der Waals surface area contributed by atoms with Crippen LogP contribution in [0.15, 0.2) is 15.6 Å². The molecule has 0 amide bonds. The average Bonchev–Trinajstić information content (AvgIpc) is 2.98. The van der Waals surface area contributed by atoms with Gasteiger partial charge in [0.2, 0.25) is 0 Å². The van der Waals surface area contributed by atoms with Crippen LogP contribution in [0.1, 0.15) is 45.1 Å². The lowest BCUT2D eigenvalue weighted by Crippen LogP contribution is -2.40. The van der Waals surface area contributed by atoms with E-state index in [1.807, 2.05) is 13.0 Å². The van der Waals surface area contributed by atoms with Crippen LogP contribution in [0, 0.1) is 5.92 Å². The third-order valence-electron chi connectivity index (χ3n) is 3.09.